The van der Waals surface area contributed by atoms with E-state index in [1.165, 1.54) is 5.56 Å². The second-order valence-electron chi connectivity index (χ2n) is 9.32. The first-order valence-corrected chi connectivity index (χ1v) is 12.1. The maximum Gasteiger partial charge on any atom is 0.272 e. The highest BCUT2D eigenvalue weighted by Crippen LogP contribution is 2.17. The molecule has 1 aliphatic rings. The molecule has 0 saturated carbocycles. The van der Waals surface area contributed by atoms with Crippen LogP contribution in [0.2, 0.25) is 0 Å². The number of hydrogen-bond acceptors (Lipinski definition) is 5. The second-order valence-corrected chi connectivity index (χ2v) is 9.32. The zero-order chi connectivity index (χ0) is 24.1. The van der Waals surface area contributed by atoms with Crippen molar-refractivity contribution >= 4 is 16.9 Å². The standard InChI is InChI=1S/C27H35N5O2/c1-20-16-24-25(17-21(20)2)32(27(34)22(3)29-24)19-26(33)28-10-7-11-30-12-14-31(15-13-30)18-23-8-5-4-6-9-23/h4-6,8-9,16-17H,7,10-15,18-19H2,1-3H3,(H,28,33). The molecule has 0 spiro atoms. The number of benzene rings is 2. The van der Waals surface area contributed by atoms with Gasteiger partial charge in [0.25, 0.3) is 5.56 Å². The van der Waals surface area contributed by atoms with Crippen molar-refractivity contribution in [2.75, 3.05) is 39.3 Å². The minimum absolute atomic E-state index is 0.0132. The van der Waals surface area contributed by atoms with E-state index in [-0.39, 0.29) is 18.0 Å². The fourth-order valence-corrected chi connectivity index (χ4v) is 4.52. The number of nitrogens with one attached hydrogen (secondary N) is 1. The van der Waals surface area contributed by atoms with Crippen LogP contribution in [0.5, 0.6) is 0 Å². The number of amides is 1. The summed E-state index contributed by atoms with van der Waals surface area (Å²) in [5.41, 5.74) is 5.22. The van der Waals surface area contributed by atoms with Crippen LogP contribution in [0.25, 0.3) is 11.0 Å². The largest absolute Gasteiger partial charge is 0.355 e. The maximum absolute atomic E-state index is 12.7. The molecule has 1 amide bonds. The van der Waals surface area contributed by atoms with E-state index < -0.39 is 0 Å². The van der Waals surface area contributed by atoms with Gasteiger partial charge in [-0.1, -0.05) is 30.3 Å². The summed E-state index contributed by atoms with van der Waals surface area (Å²) < 4.78 is 1.55. The molecule has 2 aromatic carbocycles. The Labute approximate surface area is 201 Å². The summed E-state index contributed by atoms with van der Waals surface area (Å²) in [6, 6.07) is 14.5. The van der Waals surface area contributed by atoms with E-state index in [0.29, 0.717) is 17.8 Å². The van der Waals surface area contributed by atoms with E-state index in [4.69, 9.17) is 0 Å². The number of nitrogens with zero attached hydrogens (tertiary/aromatic N) is 4. The summed E-state index contributed by atoms with van der Waals surface area (Å²) in [5, 5.41) is 2.99. The maximum atomic E-state index is 12.7. The Kier molecular flexibility index (Phi) is 7.75. The van der Waals surface area contributed by atoms with Gasteiger partial charge >= 0.3 is 0 Å². The average Bonchev–Trinajstić information content (AvgIpc) is 2.83. The van der Waals surface area contributed by atoms with Gasteiger partial charge in [0, 0.05) is 39.3 Å². The Morgan fingerprint density at radius 2 is 1.65 bits per heavy atom. The summed E-state index contributed by atoms with van der Waals surface area (Å²) in [4.78, 5) is 34.7. The van der Waals surface area contributed by atoms with Crippen LogP contribution < -0.4 is 10.9 Å². The number of carbonyl (C=O) groups is 1. The van der Waals surface area contributed by atoms with Gasteiger partial charge in [0.1, 0.15) is 12.2 Å². The van der Waals surface area contributed by atoms with E-state index in [1.807, 2.05) is 26.0 Å². The lowest BCUT2D eigenvalue weighted by Crippen LogP contribution is -2.46. The first-order valence-electron chi connectivity index (χ1n) is 12.1. The van der Waals surface area contributed by atoms with Crippen LogP contribution in [-0.2, 0) is 17.9 Å². The molecule has 0 bridgehead atoms. The summed E-state index contributed by atoms with van der Waals surface area (Å²) in [5.74, 6) is -0.139. The molecule has 1 fully saturated rings. The second kappa shape index (κ2) is 10.9. The zero-order valence-corrected chi connectivity index (χ0v) is 20.5. The molecule has 1 saturated heterocycles. The van der Waals surface area contributed by atoms with Gasteiger partial charge in [0.05, 0.1) is 11.0 Å². The Balaban J connectivity index is 1.23. The fourth-order valence-electron chi connectivity index (χ4n) is 4.52. The van der Waals surface area contributed by atoms with Crippen LogP contribution in [0.3, 0.4) is 0 Å². The van der Waals surface area contributed by atoms with Crippen LogP contribution >= 0.6 is 0 Å². The molecule has 2 heterocycles. The Hall–Kier alpha value is -3.03. The third-order valence-corrected chi connectivity index (χ3v) is 6.71. The molecule has 0 unspecified atom stereocenters. The molecule has 34 heavy (non-hydrogen) atoms. The van der Waals surface area contributed by atoms with Crippen molar-refractivity contribution in [2.45, 2.75) is 40.3 Å². The van der Waals surface area contributed by atoms with Crippen molar-refractivity contribution in [1.82, 2.24) is 24.7 Å². The Morgan fingerprint density at radius 3 is 2.38 bits per heavy atom. The number of hydrogen-bond donors (Lipinski definition) is 1. The van der Waals surface area contributed by atoms with Crippen LogP contribution in [-0.4, -0.2) is 64.5 Å². The monoisotopic (exact) mass is 461 g/mol. The molecular formula is C27H35N5O2. The van der Waals surface area contributed by atoms with Crippen molar-refractivity contribution in [2.24, 2.45) is 0 Å². The highest BCUT2D eigenvalue weighted by atomic mass is 16.2. The highest BCUT2D eigenvalue weighted by Gasteiger charge is 2.17. The molecule has 4 rings (SSSR count). The minimum Gasteiger partial charge on any atom is -0.355 e. The summed E-state index contributed by atoms with van der Waals surface area (Å²) >= 11 is 0. The predicted molar refractivity (Wildman–Crippen MR) is 136 cm³/mol. The fraction of sp³-hybridized carbons (Fsp3) is 0.444. The minimum atomic E-state index is -0.209. The van der Waals surface area contributed by atoms with Crippen LogP contribution in [0.1, 0.15) is 28.8 Å². The quantitative estimate of drug-likeness (QED) is 0.523. The number of aromatic nitrogens is 2. The molecule has 3 aromatic rings. The Bertz CT molecular complexity index is 1200. The van der Waals surface area contributed by atoms with Gasteiger partial charge in [-0.05, 0) is 62.6 Å². The average molecular weight is 462 g/mol. The molecule has 1 aliphatic heterocycles. The third-order valence-electron chi connectivity index (χ3n) is 6.71. The van der Waals surface area contributed by atoms with Crippen LogP contribution in [0.15, 0.2) is 47.3 Å². The molecule has 7 heteroatoms. The third kappa shape index (κ3) is 5.90. The lowest BCUT2D eigenvalue weighted by molar-refractivity contribution is -0.121. The lowest BCUT2D eigenvalue weighted by atomic mass is 10.1. The molecular weight excluding hydrogens is 426 g/mol. The molecule has 0 atom stereocenters. The van der Waals surface area contributed by atoms with E-state index in [9.17, 15) is 9.59 Å². The predicted octanol–water partition coefficient (Wildman–Crippen LogP) is 2.65. The molecule has 0 radical (unpaired) electrons. The summed E-state index contributed by atoms with van der Waals surface area (Å²) in [6.07, 6.45) is 0.897. The number of aryl methyl sites for hydroxylation is 3. The Morgan fingerprint density at radius 1 is 0.971 bits per heavy atom. The number of fused-ring (bicyclic) bond motifs is 1. The van der Waals surface area contributed by atoms with Gasteiger partial charge in [0.15, 0.2) is 0 Å². The molecule has 180 valence electrons. The lowest BCUT2D eigenvalue weighted by Gasteiger charge is -2.34. The molecule has 1 N–H and O–H groups in total. The first kappa shape index (κ1) is 24.1. The van der Waals surface area contributed by atoms with E-state index in [2.05, 4.69) is 50.4 Å². The molecule has 1 aromatic heterocycles. The van der Waals surface area contributed by atoms with Crippen LogP contribution in [0.4, 0.5) is 0 Å². The first-order chi connectivity index (χ1) is 16.4. The van der Waals surface area contributed by atoms with Gasteiger partial charge in [-0.25, -0.2) is 4.98 Å². The zero-order valence-electron chi connectivity index (χ0n) is 20.5. The topological polar surface area (TPSA) is 70.5 Å². The van der Waals surface area contributed by atoms with Gasteiger partial charge in [-0.3, -0.25) is 19.1 Å². The van der Waals surface area contributed by atoms with Crippen molar-refractivity contribution in [1.29, 1.82) is 0 Å². The van der Waals surface area contributed by atoms with Crippen molar-refractivity contribution < 1.29 is 4.79 Å². The van der Waals surface area contributed by atoms with Crippen LogP contribution in [0, 0.1) is 20.8 Å². The van der Waals surface area contributed by atoms with Gasteiger partial charge in [-0.15, -0.1) is 0 Å². The van der Waals surface area contributed by atoms with Crippen molar-refractivity contribution in [3.63, 3.8) is 0 Å². The molecule has 0 aliphatic carbocycles. The number of rotatable bonds is 8. The van der Waals surface area contributed by atoms with Crippen molar-refractivity contribution in [3.05, 3.63) is 75.2 Å². The smallest absolute Gasteiger partial charge is 0.272 e. The molecule has 7 nitrogen and oxygen atoms in total. The van der Waals surface area contributed by atoms with Crippen molar-refractivity contribution in [3.8, 4) is 0 Å². The van der Waals surface area contributed by atoms with Gasteiger partial charge in [-0.2, -0.15) is 0 Å². The SMILES string of the molecule is Cc1cc2nc(C)c(=O)n(CC(=O)NCCCN3CCN(Cc4ccccc4)CC3)c2cc1C. The summed E-state index contributed by atoms with van der Waals surface area (Å²) in [7, 11) is 0. The van der Waals surface area contributed by atoms with Gasteiger partial charge in [0.2, 0.25) is 5.91 Å². The van der Waals surface area contributed by atoms with Gasteiger partial charge < -0.3 is 10.2 Å². The highest BCUT2D eigenvalue weighted by molar-refractivity contribution is 5.81. The van der Waals surface area contributed by atoms with E-state index in [1.54, 1.807) is 11.5 Å². The van der Waals surface area contributed by atoms with E-state index >= 15 is 0 Å². The number of carbonyl (C=O) groups excluding carboxylic acids is 1. The normalized spacial score (nSPS) is 15.0. The van der Waals surface area contributed by atoms with E-state index in [0.717, 1.165) is 62.3 Å². The number of piperazine rings is 1. The summed E-state index contributed by atoms with van der Waals surface area (Å²) in [6.45, 7) is 12.6.